The standard InChI is InChI=1S/C17H27NO/c1-4-14-6-8-15(9-7-14)17(5-2)18-13(3)16-10-11-19-12-16/h6-9,13,16-18H,4-5,10-12H2,1-3H3. The molecule has 1 heterocycles. The predicted octanol–water partition coefficient (Wildman–Crippen LogP) is 3.71. The second-order valence-electron chi connectivity index (χ2n) is 5.63. The summed E-state index contributed by atoms with van der Waals surface area (Å²) in [7, 11) is 0. The Bertz CT molecular complexity index is 367. The third kappa shape index (κ3) is 3.80. The molecular weight excluding hydrogens is 234 g/mol. The lowest BCUT2D eigenvalue weighted by atomic mass is 9.96. The molecule has 0 radical (unpaired) electrons. The molecule has 1 saturated heterocycles. The van der Waals surface area contributed by atoms with E-state index in [0.717, 1.165) is 26.1 Å². The van der Waals surface area contributed by atoms with Crippen molar-refractivity contribution in [2.75, 3.05) is 13.2 Å². The molecule has 2 nitrogen and oxygen atoms in total. The predicted molar refractivity (Wildman–Crippen MR) is 80.4 cm³/mol. The van der Waals surface area contributed by atoms with Gasteiger partial charge in [-0.25, -0.2) is 0 Å². The first-order valence-corrected chi connectivity index (χ1v) is 7.67. The van der Waals surface area contributed by atoms with Crippen molar-refractivity contribution in [1.29, 1.82) is 0 Å². The van der Waals surface area contributed by atoms with Gasteiger partial charge in [0.15, 0.2) is 0 Å². The van der Waals surface area contributed by atoms with Gasteiger partial charge in [-0.2, -0.15) is 0 Å². The summed E-state index contributed by atoms with van der Waals surface area (Å²) in [6, 6.07) is 10.0. The van der Waals surface area contributed by atoms with Gasteiger partial charge in [-0.3, -0.25) is 0 Å². The lowest BCUT2D eigenvalue weighted by Gasteiger charge is -2.26. The minimum atomic E-state index is 0.460. The quantitative estimate of drug-likeness (QED) is 0.843. The third-order valence-electron chi connectivity index (χ3n) is 4.33. The molecule has 1 aliphatic heterocycles. The van der Waals surface area contributed by atoms with Gasteiger partial charge >= 0.3 is 0 Å². The van der Waals surface area contributed by atoms with Crippen molar-refractivity contribution in [3.8, 4) is 0 Å². The van der Waals surface area contributed by atoms with Crippen LogP contribution in [0.4, 0.5) is 0 Å². The van der Waals surface area contributed by atoms with E-state index in [1.807, 2.05) is 0 Å². The van der Waals surface area contributed by atoms with Crippen LogP contribution in [0.5, 0.6) is 0 Å². The fourth-order valence-electron chi connectivity index (χ4n) is 2.84. The maximum Gasteiger partial charge on any atom is 0.0509 e. The van der Waals surface area contributed by atoms with Crippen LogP contribution in [0.3, 0.4) is 0 Å². The Labute approximate surface area is 117 Å². The van der Waals surface area contributed by atoms with E-state index in [0.29, 0.717) is 18.0 Å². The fraction of sp³-hybridized carbons (Fsp3) is 0.647. The molecule has 0 saturated carbocycles. The number of aryl methyl sites for hydroxylation is 1. The molecule has 1 aromatic carbocycles. The van der Waals surface area contributed by atoms with Crippen LogP contribution < -0.4 is 5.32 Å². The van der Waals surface area contributed by atoms with Gasteiger partial charge in [-0.15, -0.1) is 0 Å². The van der Waals surface area contributed by atoms with Crippen LogP contribution in [0.2, 0.25) is 0 Å². The molecule has 0 amide bonds. The monoisotopic (exact) mass is 261 g/mol. The number of hydrogen-bond donors (Lipinski definition) is 1. The number of hydrogen-bond acceptors (Lipinski definition) is 2. The first kappa shape index (κ1) is 14.5. The van der Waals surface area contributed by atoms with E-state index in [1.165, 1.54) is 17.5 Å². The van der Waals surface area contributed by atoms with Crippen molar-refractivity contribution in [2.45, 2.75) is 52.1 Å². The van der Waals surface area contributed by atoms with Crippen LogP contribution >= 0.6 is 0 Å². The maximum atomic E-state index is 5.49. The van der Waals surface area contributed by atoms with Gasteiger partial charge in [-0.05, 0) is 43.2 Å². The Hall–Kier alpha value is -0.860. The van der Waals surface area contributed by atoms with Crippen molar-refractivity contribution in [2.24, 2.45) is 5.92 Å². The third-order valence-corrected chi connectivity index (χ3v) is 4.33. The highest BCUT2D eigenvalue weighted by molar-refractivity contribution is 5.25. The minimum Gasteiger partial charge on any atom is -0.381 e. The number of nitrogens with one attached hydrogen (secondary N) is 1. The van der Waals surface area contributed by atoms with Gasteiger partial charge in [0.05, 0.1) is 6.61 Å². The molecule has 0 spiro atoms. The Balaban J connectivity index is 1.97. The average Bonchev–Trinajstić information content (AvgIpc) is 2.99. The highest BCUT2D eigenvalue weighted by atomic mass is 16.5. The van der Waals surface area contributed by atoms with Crippen LogP contribution in [-0.2, 0) is 11.2 Å². The normalized spacial score (nSPS) is 22.4. The highest BCUT2D eigenvalue weighted by Crippen LogP contribution is 2.22. The molecule has 1 aliphatic rings. The molecular formula is C17H27NO. The van der Waals surface area contributed by atoms with Crippen molar-refractivity contribution < 1.29 is 4.74 Å². The Morgan fingerprint density at radius 3 is 2.53 bits per heavy atom. The summed E-state index contributed by atoms with van der Waals surface area (Å²) >= 11 is 0. The molecule has 3 atom stereocenters. The Kier molecular flexibility index (Phi) is 5.41. The minimum absolute atomic E-state index is 0.460. The average molecular weight is 261 g/mol. The molecule has 1 fully saturated rings. The van der Waals surface area contributed by atoms with Gasteiger partial charge in [0.1, 0.15) is 0 Å². The fourth-order valence-corrected chi connectivity index (χ4v) is 2.84. The molecule has 106 valence electrons. The van der Waals surface area contributed by atoms with Gasteiger partial charge in [-0.1, -0.05) is 38.1 Å². The summed E-state index contributed by atoms with van der Waals surface area (Å²) in [6.45, 7) is 8.59. The summed E-state index contributed by atoms with van der Waals surface area (Å²) in [5.41, 5.74) is 2.82. The topological polar surface area (TPSA) is 21.3 Å². The van der Waals surface area contributed by atoms with Gasteiger partial charge in [0.2, 0.25) is 0 Å². The summed E-state index contributed by atoms with van der Waals surface area (Å²) in [5.74, 6) is 0.670. The molecule has 19 heavy (non-hydrogen) atoms. The molecule has 0 bridgehead atoms. The van der Waals surface area contributed by atoms with Crippen molar-refractivity contribution in [3.05, 3.63) is 35.4 Å². The molecule has 3 unspecified atom stereocenters. The number of ether oxygens (including phenoxy) is 1. The Morgan fingerprint density at radius 2 is 2.00 bits per heavy atom. The molecule has 2 rings (SSSR count). The zero-order valence-corrected chi connectivity index (χ0v) is 12.5. The highest BCUT2D eigenvalue weighted by Gasteiger charge is 2.24. The zero-order valence-electron chi connectivity index (χ0n) is 12.5. The van der Waals surface area contributed by atoms with Crippen LogP contribution in [0.15, 0.2) is 24.3 Å². The van der Waals surface area contributed by atoms with E-state index >= 15 is 0 Å². The first-order valence-electron chi connectivity index (χ1n) is 7.67. The molecule has 1 aromatic rings. The zero-order chi connectivity index (χ0) is 13.7. The molecule has 0 aromatic heterocycles. The first-order chi connectivity index (χ1) is 9.24. The number of rotatable bonds is 6. The van der Waals surface area contributed by atoms with E-state index in [9.17, 15) is 0 Å². The smallest absolute Gasteiger partial charge is 0.0509 e. The van der Waals surface area contributed by atoms with E-state index in [-0.39, 0.29) is 0 Å². The second kappa shape index (κ2) is 7.06. The van der Waals surface area contributed by atoms with Gasteiger partial charge in [0, 0.05) is 18.7 Å². The van der Waals surface area contributed by atoms with Crippen molar-refractivity contribution >= 4 is 0 Å². The molecule has 0 aliphatic carbocycles. The van der Waals surface area contributed by atoms with Crippen molar-refractivity contribution in [1.82, 2.24) is 5.32 Å². The van der Waals surface area contributed by atoms with Crippen LogP contribution in [0.1, 0.15) is 50.8 Å². The summed E-state index contributed by atoms with van der Waals surface area (Å²) in [6.07, 6.45) is 3.43. The summed E-state index contributed by atoms with van der Waals surface area (Å²) in [5, 5.41) is 3.78. The SMILES string of the molecule is CCc1ccc(C(CC)NC(C)C2CCOC2)cc1. The molecule has 1 N–H and O–H groups in total. The van der Waals surface area contributed by atoms with E-state index in [4.69, 9.17) is 4.74 Å². The van der Waals surface area contributed by atoms with Gasteiger partial charge < -0.3 is 10.1 Å². The second-order valence-corrected chi connectivity index (χ2v) is 5.63. The lowest BCUT2D eigenvalue weighted by molar-refractivity contribution is 0.176. The Morgan fingerprint density at radius 1 is 1.26 bits per heavy atom. The maximum absolute atomic E-state index is 5.49. The largest absolute Gasteiger partial charge is 0.381 e. The van der Waals surface area contributed by atoms with Crippen LogP contribution in [-0.4, -0.2) is 19.3 Å². The lowest BCUT2D eigenvalue weighted by Crippen LogP contribution is -2.36. The van der Waals surface area contributed by atoms with Crippen LogP contribution in [0.25, 0.3) is 0 Å². The summed E-state index contributed by atoms with van der Waals surface area (Å²) in [4.78, 5) is 0. The molecule has 2 heteroatoms. The van der Waals surface area contributed by atoms with E-state index in [1.54, 1.807) is 0 Å². The van der Waals surface area contributed by atoms with Crippen LogP contribution in [0, 0.1) is 5.92 Å². The van der Waals surface area contributed by atoms with Gasteiger partial charge in [0.25, 0.3) is 0 Å². The van der Waals surface area contributed by atoms with E-state index < -0.39 is 0 Å². The summed E-state index contributed by atoms with van der Waals surface area (Å²) < 4.78 is 5.49. The van der Waals surface area contributed by atoms with E-state index in [2.05, 4.69) is 50.4 Å². The van der Waals surface area contributed by atoms with Crippen molar-refractivity contribution in [3.63, 3.8) is 0 Å². The number of benzene rings is 1.